The molecule has 0 spiro atoms. The highest BCUT2D eigenvalue weighted by molar-refractivity contribution is 7.18. The normalized spacial score (nSPS) is 10.5. The average molecular weight is 249 g/mol. The minimum atomic E-state index is -2.43. The Morgan fingerprint density at radius 3 is 2.88 bits per heavy atom. The molecule has 0 bridgehead atoms. The van der Waals surface area contributed by atoms with Crippen LogP contribution in [-0.4, -0.2) is 25.4 Å². The molecule has 0 aliphatic heterocycles. The van der Waals surface area contributed by atoms with Gasteiger partial charge in [-0.1, -0.05) is 0 Å². The van der Waals surface area contributed by atoms with Crippen molar-refractivity contribution in [2.75, 3.05) is 24.1 Å². The van der Waals surface area contributed by atoms with Crippen LogP contribution in [0.2, 0.25) is 0 Å². The van der Waals surface area contributed by atoms with E-state index in [2.05, 4.69) is 10.6 Å². The van der Waals surface area contributed by atoms with E-state index in [0.29, 0.717) is 22.1 Å². The second-order valence-electron chi connectivity index (χ2n) is 3.03. The third-order valence-electron chi connectivity index (χ3n) is 1.73. The number of rotatable bonds is 5. The molecule has 0 aliphatic rings. The molecule has 0 aromatic carbocycles. The molecule has 4 N–H and O–H groups in total. The molecule has 0 saturated carbocycles. The van der Waals surface area contributed by atoms with E-state index in [1.165, 1.54) is 6.07 Å². The lowest BCUT2D eigenvalue weighted by Crippen LogP contribution is -2.22. The Morgan fingerprint density at radius 2 is 2.31 bits per heavy atom. The summed E-state index contributed by atoms with van der Waals surface area (Å²) in [4.78, 5) is 11.8. The number of anilines is 2. The minimum absolute atomic E-state index is 0.282. The van der Waals surface area contributed by atoms with Crippen molar-refractivity contribution in [2.24, 2.45) is 0 Å². The van der Waals surface area contributed by atoms with Gasteiger partial charge in [0.05, 0.1) is 17.2 Å². The zero-order valence-electron chi connectivity index (χ0n) is 8.72. The second-order valence-corrected chi connectivity index (χ2v) is 4.08. The topological polar surface area (TPSA) is 67.2 Å². The first-order valence-corrected chi connectivity index (χ1v) is 5.55. The van der Waals surface area contributed by atoms with Crippen molar-refractivity contribution in [2.45, 2.75) is 13.3 Å². The predicted octanol–water partition coefficient (Wildman–Crippen LogP) is 1.76. The van der Waals surface area contributed by atoms with E-state index < -0.39 is 13.0 Å². The number of carbonyl (C=O) groups excluding carboxylic acids is 1. The summed E-state index contributed by atoms with van der Waals surface area (Å²) in [7, 11) is 0. The van der Waals surface area contributed by atoms with Gasteiger partial charge in [0.1, 0.15) is 4.88 Å². The first-order valence-electron chi connectivity index (χ1n) is 4.74. The van der Waals surface area contributed by atoms with Gasteiger partial charge in [0.15, 0.2) is 0 Å². The van der Waals surface area contributed by atoms with E-state index in [0.717, 1.165) is 11.3 Å². The van der Waals surface area contributed by atoms with Gasteiger partial charge in [0.25, 0.3) is 12.3 Å². The van der Waals surface area contributed by atoms with Crippen LogP contribution in [0.15, 0.2) is 6.07 Å². The van der Waals surface area contributed by atoms with Gasteiger partial charge in [-0.3, -0.25) is 4.79 Å². The fourth-order valence-corrected chi connectivity index (χ4v) is 1.99. The lowest BCUT2D eigenvalue weighted by molar-refractivity contribution is 0.0960. The van der Waals surface area contributed by atoms with Crippen molar-refractivity contribution in [1.29, 1.82) is 0 Å². The number of nitrogens with two attached hydrogens (primary N) is 1. The number of hydrogen-bond acceptors (Lipinski definition) is 4. The lowest BCUT2D eigenvalue weighted by Gasteiger charge is -2.01. The van der Waals surface area contributed by atoms with E-state index in [4.69, 9.17) is 5.73 Å². The van der Waals surface area contributed by atoms with Gasteiger partial charge in [0.2, 0.25) is 0 Å². The lowest BCUT2D eigenvalue weighted by atomic mass is 10.3. The quantitative estimate of drug-likeness (QED) is 0.745. The highest BCUT2D eigenvalue weighted by Gasteiger charge is 2.14. The van der Waals surface area contributed by atoms with E-state index in [-0.39, 0.29) is 5.91 Å². The van der Waals surface area contributed by atoms with Crippen molar-refractivity contribution in [3.63, 3.8) is 0 Å². The Bertz CT molecular complexity index is 368. The van der Waals surface area contributed by atoms with Gasteiger partial charge >= 0.3 is 0 Å². The molecule has 0 aliphatic carbocycles. The zero-order valence-corrected chi connectivity index (χ0v) is 9.54. The SMILES string of the molecule is CCNC(=O)c1sc(NCC(F)F)cc1N. The van der Waals surface area contributed by atoms with Crippen molar-refractivity contribution >= 4 is 27.9 Å². The molecular weight excluding hydrogens is 236 g/mol. The maximum Gasteiger partial charge on any atom is 0.263 e. The summed E-state index contributed by atoms with van der Waals surface area (Å²) in [6.45, 7) is 1.84. The highest BCUT2D eigenvalue weighted by Crippen LogP contribution is 2.29. The van der Waals surface area contributed by atoms with Crippen LogP contribution in [0.5, 0.6) is 0 Å². The summed E-state index contributed by atoms with van der Waals surface area (Å²) in [6, 6.07) is 1.48. The Balaban J connectivity index is 2.69. The second kappa shape index (κ2) is 5.64. The molecule has 4 nitrogen and oxygen atoms in total. The molecule has 90 valence electrons. The maximum atomic E-state index is 11.9. The fourth-order valence-electron chi connectivity index (χ4n) is 1.09. The Hall–Kier alpha value is -1.37. The number of nitrogens with one attached hydrogen (secondary N) is 2. The first-order chi connectivity index (χ1) is 7.54. The monoisotopic (exact) mass is 249 g/mol. The number of hydrogen-bond donors (Lipinski definition) is 3. The largest absolute Gasteiger partial charge is 0.397 e. The zero-order chi connectivity index (χ0) is 12.1. The van der Waals surface area contributed by atoms with Gasteiger partial charge in [-0.05, 0) is 13.0 Å². The number of nitrogen functional groups attached to an aromatic ring is 1. The number of amides is 1. The third-order valence-corrected chi connectivity index (χ3v) is 2.84. The van der Waals surface area contributed by atoms with Gasteiger partial charge < -0.3 is 16.4 Å². The summed E-state index contributed by atoms with van der Waals surface area (Å²) in [5.74, 6) is -0.282. The summed E-state index contributed by atoms with van der Waals surface area (Å²) in [6.07, 6.45) is -2.43. The van der Waals surface area contributed by atoms with Crippen LogP contribution in [-0.2, 0) is 0 Å². The first kappa shape index (κ1) is 12.7. The van der Waals surface area contributed by atoms with Gasteiger partial charge in [-0.15, -0.1) is 11.3 Å². The molecule has 0 radical (unpaired) electrons. The average Bonchev–Trinajstić information content (AvgIpc) is 2.57. The van der Waals surface area contributed by atoms with Crippen molar-refractivity contribution < 1.29 is 13.6 Å². The van der Waals surface area contributed by atoms with Crippen molar-refractivity contribution in [3.8, 4) is 0 Å². The molecular formula is C9H13F2N3OS. The van der Waals surface area contributed by atoms with Crippen molar-refractivity contribution in [3.05, 3.63) is 10.9 Å². The van der Waals surface area contributed by atoms with Gasteiger partial charge in [-0.25, -0.2) is 8.78 Å². The molecule has 0 atom stereocenters. The highest BCUT2D eigenvalue weighted by atomic mass is 32.1. The van der Waals surface area contributed by atoms with Crippen molar-refractivity contribution in [1.82, 2.24) is 5.32 Å². The van der Waals surface area contributed by atoms with Crippen LogP contribution in [0, 0.1) is 0 Å². The van der Waals surface area contributed by atoms with Gasteiger partial charge in [-0.2, -0.15) is 0 Å². The fraction of sp³-hybridized carbons (Fsp3) is 0.444. The van der Waals surface area contributed by atoms with Gasteiger partial charge in [0, 0.05) is 6.54 Å². The molecule has 7 heteroatoms. The number of halogens is 2. The number of thiophene rings is 1. The molecule has 1 amide bonds. The Kier molecular flexibility index (Phi) is 4.48. The van der Waals surface area contributed by atoms with E-state index in [1.54, 1.807) is 6.92 Å². The minimum Gasteiger partial charge on any atom is -0.397 e. The molecule has 1 heterocycles. The molecule has 0 saturated heterocycles. The standard InChI is InChI=1S/C9H13F2N3OS/c1-2-13-9(15)8-5(12)3-7(16-8)14-4-6(10)11/h3,6,14H,2,4,12H2,1H3,(H,13,15). The summed E-state index contributed by atoms with van der Waals surface area (Å²) >= 11 is 1.07. The molecule has 16 heavy (non-hydrogen) atoms. The Labute approximate surface area is 95.8 Å². The summed E-state index contributed by atoms with van der Waals surface area (Å²) in [5, 5.41) is 5.58. The van der Waals surface area contributed by atoms with E-state index >= 15 is 0 Å². The predicted molar refractivity (Wildman–Crippen MR) is 61.2 cm³/mol. The van der Waals surface area contributed by atoms with E-state index in [9.17, 15) is 13.6 Å². The number of carbonyl (C=O) groups is 1. The third kappa shape index (κ3) is 3.34. The summed E-state index contributed by atoms with van der Waals surface area (Å²) in [5.41, 5.74) is 5.90. The molecule has 1 aromatic rings. The van der Waals surface area contributed by atoms with Crippen LogP contribution >= 0.6 is 11.3 Å². The molecule has 1 aromatic heterocycles. The maximum absolute atomic E-state index is 11.9. The molecule has 1 rings (SSSR count). The van der Waals surface area contributed by atoms with Crippen LogP contribution in [0.4, 0.5) is 19.5 Å². The van der Waals surface area contributed by atoms with E-state index in [1.807, 2.05) is 0 Å². The summed E-state index contributed by atoms with van der Waals surface area (Å²) < 4.78 is 23.9. The van der Waals surface area contributed by atoms with Crippen LogP contribution < -0.4 is 16.4 Å². The number of alkyl halides is 2. The van der Waals surface area contributed by atoms with Crippen LogP contribution in [0.3, 0.4) is 0 Å². The smallest absolute Gasteiger partial charge is 0.263 e. The molecule has 0 unspecified atom stereocenters. The van der Waals surface area contributed by atoms with Crippen LogP contribution in [0.1, 0.15) is 16.6 Å². The Morgan fingerprint density at radius 1 is 1.62 bits per heavy atom. The molecule has 0 fully saturated rings. The van der Waals surface area contributed by atoms with Crippen LogP contribution in [0.25, 0.3) is 0 Å².